The lowest BCUT2D eigenvalue weighted by Gasteiger charge is -2.22. The molecule has 0 bridgehead atoms. The summed E-state index contributed by atoms with van der Waals surface area (Å²) in [5.74, 6) is -0.359. The lowest BCUT2D eigenvalue weighted by atomic mass is 9.95. The van der Waals surface area contributed by atoms with E-state index >= 15 is 0 Å². The largest absolute Gasteiger partial charge is 0.349 e. The second kappa shape index (κ2) is 7.79. The van der Waals surface area contributed by atoms with Gasteiger partial charge >= 0.3 is 0 Å². The minimum Gasteiger partial charge on any atom is -0.349 e. The van der Waals surface area contributed by atoms with Crippen LogP contribution in [0.3, 0.4) is 0 Å². The van der Waals surface area contributed by atoms with Crippen LogP contribution in [0.5, 0.6) is 0 Å². The third-order valence-electron chi connectivity index (χ3n) is 5.11. The highest BCUT2D eigenvalue weighted by atomic mass is 32.1. The topological polar surface area (TPSA) is 72.7 Å². The molecule has 4 rings (SSSR count). The first-order valence-electron chi connectivity index (χ1n) is 9.50. The number of hydrogen-bond acceptors (Lipinski definition) is 5. The minimum atomic E-state index is -0.300. The first-order chi connectivity index (χ1) is 13.5. The number of carbonyl (C=O) groups is 1. The zero-order valence-electron chi connectivity index (χ0n) is 15.9. The van der Waals surface area contributed by atoms with E-state index < -0.39 is 0 Å². The Bertz CT molecular complexity index is 989. The molecule has 146 valence electrons. The van der Waals surface area contributed by atoms with Gasteiger partial charge in [-0.15, -0.1) is 16.4 Å². The van der Waals surface area contributed by atoms with Crippen LogP contribution in [0.2, 0.25) is 0 Å². The average molecular weight is 399 g/mol. The number of benzene rings is 1. The molecule has 0 radical (unpaired) electrons. The first-order valence-corrected chi connectivity index (χ1v) is 10.3. The number of halogens is 1. The van der Waals surface area contributed by atoms with Crippen LogP contribution < -0.4 is 5.32 Å². The molecule has 1 saturated carbocycles. The fourth-order valence-corrected chi connectivity index (χ4v) is 4.57. The molecule has 1 fully saturated rings. The summed E-state index contributed by atoms with van der Waals surface area (Å²) < 4.78 is 14.8. The van der Waals surface area contributed by atoms with E-state index in [0.717, 1.165) is 24.2 Å². The number of aryl methyl sites for hydroxylation is 1. The molecule has 0 saturated heterocycles. The van der Waals surface area contributed by atoms with Gasteiger partial charge in [-0.05, 0) is 51.0 Å². The van der Waals surface area contributed by atoms with Crippen LogP contribution in [0.1, 0.15) is 53.2 Å². The SMILES string of the molecule is Cc1nc(-c2nnn(-c3ccc(F)cc3)c2C)sc1C(=O)NC1CCCCC1. The van der Waals surface area contributed by atoms with Gasteiger partial charge in [0.25, 0.3) is 5.91 Å². The number of aromatic nitrogens is 4. The van der Waals surface area contributed by atoms with Crippen molar-refractivity contribution in [1.29, 1.82) is 0 Å². The molecule has 0 aliphatic heterocycles. The predicted molar refractivity (Wildman–Crippen MR) is 106 cm³/mol. The Kier molecular flexibility index (Phi) is 5.21. The molecule has 1 aliphatic rings. The number of nitrogens with zero attached hydrogens (tertiary/aromatic N) is 4. The van der Waals surface area contributed by atoms with Crippen molar-refractivity contribution in [3.8, 4) is 16.4 Å². The molecular formula is C20H22FN5OS. The number of hydrogen-bond donors (Lipinski definition) is 1. The van der Waals surface area contributed by atoms with Crippen LogP contribution >= 0.6 is 11.3 Å². The van der Waals surface area contributed by atoms with Gasteiger partial charge in [0, 0.05) is 6.04 Å². The van der Waals surface area contributed by atoms with Crippen LogP contribution in [-0.2, 0) is 0 Å². The van der Waals surface area contributed by atoms with Gasteiger partial charge in [-0.2, -0.15) is 0 Å². The molecule has 3 aromatic rings. The van der Waals surface area contributed by atoms with E-state index in [9.17, 15) is 9.18 Å². The standard InChI is InChI=1S/C20H22FN5OS/c1-12-18(19(27)23-15-6-4-3-5-7-15)28-20(22-12)17-13(2)26(25-24-17)16-10-8-14(21)9-11-16/h8-11,15H,3-7H2,1-2H3,(H,23,27). The smallest absolute Gasteiger partial charge is 0.263 e. The van der Waals surface area contributed by atoms with E-state index in [1.54, 1.807) is 16.8 Å². The van der Waals surface area contributed by atoms with Gasteiger partial charge < -0.3 is 5.32 Å². The van der Waals surface area contributed by atoms with Crippen LogP contribution in [0.25, 0.3) is 16.4 Å². The summed E-state index contributed by atoms with van der Waals surface area (Å²) >= 11 is 1.34. The Morgan fingerprint density at radius 2 is 1.89 bits per heavy atom. The quantitative estimate of drug-likeness (QED) is 0.713. The number of rotatable bonds is 4. The monoisotopic (exact) mass is 399 g/mol. The molecule has 0 atom stereocenters. The Morgan fingerprint density at radius 3 is 2.61 bits per heavy atom. The van der Waals surface area contributed by atoms with Crippen LogP contribution in [-0.4, -0.2) is 31.9 Å². The highest BCUT2D eigenvalue weighted by molar-refractivity contribution is 7.17. The zero-order chi connectivity index (χ0) is 19.7. The van der Waals surface area contributed by atoms with Gasteiger partial charge in [0.1, 0.15) is 21.4 Å². The van der Waals surface area contributed by atoms with Gasteiger partial charge in [0.15, 0.2) is 0 Å². The second-order valence-corrected chi connectivity index (χ2v) is 8.15. The summed E-state index contributed by atoms with van der Waals surface area (Å²) in [6.07, 6.45) is 5.68. The van der Waals surface area contributed by atoms with E-state index in [1.165, 1.54) is 42.7 Å². The molecule has 6 nitrogen and oxygen atoms in total. The average Bonchev–Trinajstić information content (AvgIpc) is 3.26. The van der Waals surface area contributed by atoms with Gasteiger partial charge in [0.2, 0.25) is 0 Å². The van der Waals surface area contributed by atoms with E-state index in [0.29, 0.717) is 21.3 Å². The second-order valence-electron chi connectivity index (χ2n) is 7.15. The summed E-state index contributed by atoms with van der Waals surface area (Å²) in [6, 6.07) is 6.33. The summed E-state index contributed by atoms with van der Waals surface area (Å²) in [5, 5.41) is 12.2. The van der Waals surface area contributed by atoms with E-state index in [2.05, 4.69) is 20.6 Å². The highest BCUT2D eigenvalue weighted by Gasteiger charge is 2.23. The van der Waals surface area contributed by atoms with Crippen molar-refractivity contribution in [1.82, 2.24) is 25.3 Å². The molecule has 28 heavy (non-hydrogen) atoms. The maximum atomic E-state index is 13.2. The Hall–Kier alpha value is -2.61. The molecule has 0 unspecified atom stereocenters. The van der Waals surface area contributed by atoms with Gasteiger partial charge in [0.05, 0.1) is 17.1 Å². The Balaban J connectivity index is 1.58. The van der Waals surface area contributed by atoms with Crippen molar-refractivity contribution in [2.45, 2.75) is 52.0 Å². The van der Waals surface area contributed by atoms with Crippen molar-refractivity contribution in [2.24, 2.45) is 0 Å². The van der Waals surface area contributed by atoms with E-state index in [1.807, 2.05) is 13.8 Å². The molecule has 0 spiro atoms. The van der Waals surface area contributed by atoms with Crippen molar-refractivity contribution in [3.05, 3.63) is 46.3 Å². The van der Waals surface area contributed by atoms with Crippen LogP contribution in [0, 0.1) is 19.7 Å². The number of nitrogens with one attached hydrogen (secondary N) is 1. The molecule has 1 N–H and O–H groups in total. The number of amides is 1. The fraction of sp³-hybridized carbons (Fsp3) is 0.400. The summed E-state index contributed by atoms with van der Waals surface area (Å²) in [7, 11) is 0. The number of thiazole rings is 1. The molecule has 1 amide bonds. The molecule has 1 aliphatic carbocycles. The van der Waals surface area contributed by atoms with Gasteiger partial charge in [-0.1, -0.05) is 24.5 Å². The zero-order valence-corrected chi connectivity index (χ0v) is 16.7. The lowest BCUT2D eigenvalue weighted by Crippen LogP contribution is -2.36. The highest BCUT2D eigenvalue weighted by Crippen LogP contribution is 2.30. The molecule has 2 heterocycles. The molecule has 1 aromatic carbocycles. The Morgan fingerprint density at radius 1 is 1.18 bits per heavy atom. The van der Waals surface area contributed by atoms with Crippen molar-refractivity contribution in [2.75, 3.05) is 0 Å². The first kappa shape index (κ1) is 18.7. The Labute approximate surface area is 166 Å². The fourth-order valence-electron chi connectivity index (χ4n) is 3.56. The van der Waals surface area contributed by atoms with Crippen LogP contribution in [0.15, 0.2) is 24.3 Å². The third-order valence-corrected chi connectivity index (χ3v) is 6.27. The maximum absolute atomic E-state index is 13.2. The predicted octanol–water partition coefficient (Wildman–Crippen LogP) is 4.21. The van der Waals surface area contributed by atoms with Gasteiger partial charge in [-0.3, -0.25) is 4.79 Å². The summed E-state index contributed by atoms with van der Waals surface area (Å²) in [4.78, 5) is 17.9. The van der Waals surface area contributed by atoms with Crippen molar-refractivity contribution < 1.29 is 9.18 Å². The van der Waals surface area contributed by atoms with E-state index in [4.69, 9.17) is 0 Å². The summed E-state index contributed by atoms with van der Waals surface area (Å²) in [6.45, 7) is 3.73. The van der Waals surface area contributed by atoms with Crippen molar-refractivity contribution >= 4 is 17.2 Å². The maximum Gasteiger partial charge on any atom is 0.263 e. The van der Waals surface area contributed by atoms with Gasteiger partial charge in [-0.25, -0.2) is 14.1 Å². The van der Waals surface area contributed by atoms with E-state index in [-0.39, 0.29) is 17.8 Å². The van der Waals surface area contributed by atoms with Crippen molar-refractivity contribution in [3.63, 3.8) is 0 Å². The molecular weight excluding hydrogens is 377 g/mol. The minimum absolute atomic E-state index is 0.0586. The van der Waals surface area contributed by atoms with Crippen LogP contribution in [0.4, 0.5) is 4.39 Å². The number of carbonyl (C=O) groups excluding carboxylic acids is 1. The third kappa shape index (κ3) is 3.69. The normalized spacial score (nSPS) is 15.0. The molecule has 2 aromatic heterocycles. The lowest BCUT2D eigenvalue weighted by molar-refractivity contribution is 0.0931. The summed E-state index contributed by atoms with van der Waals surface area (Å²) in [5.41, 5.74) is 2.85. The molecule has 8 heteroatoms.